The molecule has 0 aromatic heterocycles. The van der Waals surface area contributed by atoms with E-state index in [1.54, 1.807) is 13.1 Å². The number of anilines is 1. The maximum absolute atomic E-state index is 14.6. The van der Waals surface area contributed by atoms with E-state index in [0.29, 0.717) is 11.5 Å². The molecule has 0 N–H and O–H groups in total. The summed E-state index contributed by atoms with van der Waals surface area (Å²) in [7, 11) is 0.293. The molecule has 0 aliphatic heterocycles. The maximum atomic E-state index is 14.6. The molecule has 0 fully saturated rings. The Morgan fingerprint density at radius 3 is 2.18 bits per heavy atom. The predicted octanol–water partition coefficient (Wildman–Crippen LogP) is 3.70. The largest absolute Gasteiger partial charge is 0.497 e. The maximum Gasteiger partial charge on any atom is 0.264 e. The lowest BCUT2D eigenvalue weighted by Crippen LogP contribution is -2.41. The standard InChI is InChI=1S/C24H25FN2O5S/c1-26(16-18-8-4-7-11-23(18)32-3)24(28)17-27(22-10-6-5-9-21(22)25)33(29,30)20-14-12-19(31-2)13-15-20/h4-15H,16-17H2,1-3H3. The summed E-state index contributed by atoms with van der Waals surface area (Å²) in [6.07, 6.45) is 0. The van der Waals surface area contributed by atoms with Crippen molar-refractivity contribution in [3.05, 3.63) is 84.2 Å². The molecule has 0 saturated heterocycles. The number of rotatable bonds is 9. The van der Waals surface area contributed by atoms with Crippen LogP contribution in [0.1, 0.15) is 5.56 Å². The van der Waals surface area contributed by atoms with Crippen molar-refractivity contribution >= 4 is 21.6 Å². The monoisotopic (exact) mass is 472 g/mol. The summed E-state index contributed by atoms with van der Waals surface area (Å²) >= 11 is 0. The Bertz CT molecular complexity index is 1220. The van der Waals surface area contributed by atoms with Gasteiger partial charge in [0.15, 0.2) is 0 Å². The highest BCUT2D eigenvalue weighted by atomic mass is 32.2. The highest BCUT2D eigenvalue weighted by Crippen LogP contribution is 2.27. The molecule has 0 saturated carbocycles. The van der Waals surface area contributed by atoms with Gasteiger partial charge in [-0.25, -0.2) is 12.8 Å². The molecule has 3 aromatic rings. The molecule has 174 valence electrons. The first-order valence-electron chi connectivity index (χ1n) is 10.0. The second-order valence-electron chi connectivity index (χ2n) is 7.20. The van der Waals surface area contributed by atoms with Gasteiger partial charge in [-0.05, 0) is 42.5 Å². The Hall–Kier alpha value is -3.59. The van der Waals surface area contributed by atoms with E-state index in [0.717, 1.165) is 15.9 Å². The fourth-order valence-electron chi connectivity index (χ4n) is 3.25. The Morgan fingerprint density at radius 2 is 1.55 bits per heavy atom. The van der Waals surface area contributed by atoms with Crippen LogP contribution in [-0.4, -0.2) is 47.0 Å². The first kappa shape index (κ1) is 24.1. The second kappa shape index (κ2) is 10.4. The molecule has 0 radical (unpaired) electrons. The zero-order chi connectivity index (χ0) is 24.0. The first-order chi connectivity index (χ1) is 15.8. The zero-order valence-corrected chi connectivity index (χ0v) is 19.4. The highest BCUT2D eigenvalue weighted by molar-refractivity contribution is 7.92. The molecule has 0 spiro atoms. The van der Waals surface area contributed by atoms with E-state index < -0.39 is 28.3 Å². The van der Waals surface area contributed by atoms with Crippen LogP contribution >= 0.6 is 0 Å². The van der Waals surface area contributed by atoms with E-state index in [-0.39, 0.29) is 17.1 Å². The molecular formula is C24H25FN2O5S. The van der Waals surface area contributed by atoms with Crippen molar-refractivity contribution in [2.75, 3.05) is 32.1 Å². The summed E-state index contributed by atoms with van der Waals surface area (Å²) in [5.74, 6) is -0.191. The number of sulfonamides is 1. The number of para-hydroxylation sites is 2. The van der Waals surface area contributed by atoms with Gasteiger partial charge in [0.25, 0.3) is 10.0 Å². The minimum atomic E-state index is -4.25. The minimum Gasteiger partial charge on any atom is -0.497 e. The Kier molecular flexibility index (Phi) is 7.55. The molecule has 9 heteroatoms. The average Bonchev–Trinajstić information content (AvgIpc) is 2.83. The fourth-order valence-corrected chi connectivity index (χ4v) is 4.67. The van der Waals surface area contributed by atoms with Crippen LogP contribution < -0.4 is 13.8 Å². The fraction of sp³-hybridized carbons (Fsp3) is 0.208. The van der Waals surface area contributed by atoms with Crippen LogP contribution in [0.15, 0.2) is 77.7 Å². The number of hydrogen-bond acceptors (Lipinski definition) is 5. The number of methoxy groups -OCH3 is 2. The predicted molar refractivity (Wildman–Crippen MR) is 123 cm³/mol. The van der Waals surface area contributed by atoms with Gasteiger partial charge in [0, 0.05) is 19.2 Å². The van der Waals surface area contributed by atoms with E-state index in [9.17, 15) is 17.6 Å². The SMILES string of the molecule is COc1ccc(S(=O)(=O)N(CC(=O)N(C)Cc2ccccc2OC)c2ccccc2F)cc1. The summed E-state index contributed by atoms with van der Waals surface area (Å²) < 4.78 is 52.7. The van der Waals surface area contributed by atoms with E-state index in [1.807, 2.05) is 18.2 Å². The molecule has 0 heterocycles. The minimum absolute atomic E-state index is 0.0910. The summed E-state index contributed by atoms with van der Waals surface area (Å²) in [5.41, 5.74) is 0.540. The van der Waals surface area contributed by atoms with Crippen molar-refractivity contribution in [3.8, 4) is 11.5 Å². The van der Waals surface area contributed by atoms with Gasteiger partial charge in [-0.1, -0.05) is 30.3 Å². The lowest BCUT2D eigenvalue weighted by molar-refractivity contribution is -0.128. The number of benzene rings is 3. The van der Waals surface area contributed by atoms with E-state index in [2.05, 4.69) is 0 Å². The van der Waals surface area contributed by atoms with Gasteiger partial charge in [0.1, 0.15) is 23.9 Å². The van der Waals surface area contributed by atoms with Crippen molar-refractivity contribution in [2.24, 2.45) is 0 Å². The number of nitrogens with zero attached hydrogens (tertiary/aromatic N) is 2. The topological polar surface area (TPSA) is 76.2 Å². The number of amides is 1. The molecule has 0 bridgehead atoms. The average molecular weight is 473 g/mol. The smallest absolute Gasteiger partial charge is 0.264 e. The number of ether oxygens (including phenoxy) is 2. The van der Waals surface area contributed by atoms with Gasteiger partial charge < -0.3 is 14.4 Å². The van der Waals surface area contributed by atoms with Crippen molar-refractivity contribution in [2.45, 2.75) is 11.4 Å². The van der Waals surface area contributed by atoms with Crippen molar-refractivity contribution < 1.29 is 27.1 Å². The molecule has 33 heavy (non-hydrogen) atoms. The molecular weight excluding hydrogens is 447 g/mol. The Balaban J connectivity index is 1.93. The van der Waals surface area contributed by atoms with Crippen molar-refractivity contribution in [1.29, 1.82) is 0 Å². The van der Waals surface area contributed by atoms with Crippen LogP contribution in [0.25, 0.3) is 0 Å². The molecule has 7 nitrogen and oxygen atoms in total. The number of carbonyl (C=O) groups is 1. The number of likely N-dealkylation sites (N-methyl/N-ethyl adjacent to an activating group) is 1. The van der Waals surface area contributed by atoms with Gasteiger partial charge in [-0.3, -0.25) is 9.10 Å². The van der Waals surface area contributed by atoms with Gasteiger partial charge in [0.2, 0.25) is 5.91 Å². The third-order valence-corrected chi connectivity index (χ3v) is 6.85. The first-order valence-corrected chi connectivity index (χ1v) is 11.5. The number of carbonyl (C=O) groups excluding carboxylic acids is 1. The zero-order valence-electron chi connectivity index (χ0n) is 18.6. The summed E-state index contributed by atoms with van der Waals surface area (Å²) in [6, 6.07) is 18.3. The summed E-state index contributed by atoms with van der Waals surface area (Å²) in [4.78, 5) is 14.3. The van der Waals surface area contributed by atoms with E-state index in [1.165, 1.54) is 61.6 Å². The molecule has 0 aliphatic carbocycles. The van der Waals surface area contributed by atoms with Crippen LogP contribution in [0.3, 0.4) is 0 Å². The second-order valence-corrected chi connectivity index (χ2v) is 9.06. The van der Waals surface area contributed by atoms with Gasteiger partial charge in [-0.15, -0.1) is 0 Å². The lowest BCUT2D eigenvalue weighted by Gasteiger charge is -2.27. The third kappa shape index (κ3) is 5.43. The molecule has 3 aromatic carbocycles. The normalized spacial score (nSPS) is 11.0. The van der Waals surface area contributed by atoms with Crippen LogP contribution in [-0.2, 0) is 21.4 Å². The number of halogens is 1. The number of hydrogen-bond donors (Lipinski definition) is 0. The van der Waals surface area contributed by atoms with Crippen LogP contribution in [0.2, 0.25) is 0 Å². The Labute approximate surface area is 193 Å². The Morgan fingerprint density at radius 1 is 0.909 bits per heavy atom. The lowest BCUT2D eigenvalue weighted by atomic mass is 10.2. The molecule has 3 rings (SSSR count). The van der Waals surface area contributed by atoms with Crippen molar-refractivity contribution in [1.82, 2.24) is 4.90 Å². The highest BCUT2D eigenvalue weighted by Gasteiger charge is 2.30. The van der Waals surface area contributed by atoms with Gasteiger partial charge in [0.05, 0.1) is 24.8 Å². The van der Waals surface area contributed by atoms with Crippen molar-refractivity contribution in [3.63, 3.8) is 0 Å². The van der Waals surface area contributed by atoms with Crippen LogP contribution in [0, 0.1) is 5.82 Å². The third-order valence-electron chi connectivity index (χ3n) is 5.07. The molecule has 1 amide bonds. The van der Waals surface area contributed by atoms with Crippen LogP contribution in [0.4, 0.5) is 10.1 Å². The van der Waals surface area contributed by atoms with E-state index in [4.69, 9.17) is 9.47 Å². The van der Waals surface area contributed by atoms with Gasteiger partial charge in [-0.2, -0.15) is 0 Å². The summed E-state index contributed by atoms with van der Waals surface area (Å²) in [5, 5.41) is 0. The molecule has 0 atom stereocenters. The molecule has 0 aliphatic rings. The van der Waals surface area contributed by atoms with Gasteiger partial charge >= 0.3 is 0 Å². The van der Waals surface area contributed by atoms with Crippen LogP contribution in [0.5, 0.6) is 11.5 Å². The van der Waals surface area contributed by atoms with E-state index >= 15 is 0 Å². The quantitative estimate of drug-likeness (QED) is 0.475. The molecule has 0 unspecified atom stereocenters. The summed E-state index contributed by atoms with van der Waals surface area (Å²) in [6.45, 7) is -0.391.